The summed E-state index contributed by atoms with van der Waals surface area (Å²) in [5.74, 6) is 0. The molecule has 0 bridgehead atoms. The number of hydrogen-bond donors (Lipinski definition) is 0. The maximum Gasteiger partial charge on any atom is 0.123 e. The van der Waals surface area contributed by atoms with Crippen molar-refractivity contribution in [2.45, 2.75) is 13.8 Å². The van der Waals surface area contributed by atoms with E-state index in [0.717, 1.165) is 10.7 Å². The van der Waals surface area contributed by atoms with Crippen LogP contribution in [0.5, 0.6) is 0 Å². The highest BCUT2D eigenvalue weighted by Crippen LogP contribution is 2.30. The Morgan fingerprint density at radius 1 is 0.789 bits per heavy atom. The molecular weight excluding hydrogens is 250 g/mol. The van der Waals surface area contributed by atoms with Gasteiger partial charge in [-0.1, -0.05) is 48.5 Å². The summed E-state index contributed by atoms with van der Waals surface area (Å²) in [7, 11) is 0. The predicted molar refractivity (Wildman–Crippen MR) is 82.5 cm³/mol. The Bertz CT molecular complexity index is 679. The lowest BCUT2D eigenvalue weighted by atomic mass is 10.0. The molecule has 19 heavy (non-hydrogen) atoms. The van der Waals surface area contributed by atoms with Gasteiger partial charge in [0, 0.05) is 10.4 Å². The van der Waals surface area contributed by atoms with Gasteiger partial charge in [0.05, 0.1) is 5.69 Å². The van der Waals surface area contributed by atoms with Crippen LogP contribution in [0.3, 0.4) is 0 Å². The first-order valence-corrected chi connectivity index (χ1v) is 7.15. The normalized spacial score (nSPS) is 10.6. The fourth-order valence-electron chi connectivity index (χ4n) is 2.06. The number of hydrogen-bond acceptors (Lipinski definition) is 2. The third kappa shape index (κ3) is 2.45. The molecule has 0 atom stereocenters. The molecule has 94 valence electrons. The van der Waals surface area contributed by atoms with Gasteiger partial charge in [-0.25, -0.2) is 4.98 Å². The number of aryl methyl sites for hydroxylation is 2. The summed E-state index contributed by atoms with van der Waals surface area (Å²) in [6, 6.07) is 19.0. The first-order valence-electron chi connectivity index (χ1n) is 6.34. The van der Waals surface area contributed by atoms with E-state index in [2.05, 4.69) is 67.4 Å². The molecule has 0 fully saturated rings. The van der Waals surface area contributed by atoms with E-state index in [9.17, 15) is 0 Å². The van der Waals surface area contributed by atoms with E-state index in [4.69, 9.17) is 0 Å². The van der Waals surface area contributed by atoms with Crippen LogP contribution in [-0.4, -0.2) is 4.98 Å². The Balaban J connectivity index is 2.05. The molecular formula is C17H15NS. The van der Waals surface area contributed by atoms with Gasteiger partial charge in [-0.2, -0.15) is 0 Å². The molecule has 1 heterocycles. The number of rotatable bonds is 2. The summed E-state index contributed by atoms with van der Waals surface area (Å²) in [4.78, 5) is 5.93. The lowest BCUT2D eigenvalue weighted by Gasteiger charge is -2.03. The van der Waals surface area contributed by atoms with Gasteiger partial charge in [0.25, 0.3) is 0 Å². The van der Waals surface area contributed by atoms with E-state index >= 15 is 0 Å². The minimum Gasteiger partial charge on any atom is -0.241 e. The smallest absolute Gasteiger partial charge is 0.123 e. The van der Waals surface area contributed by atoms with E-state index in [1.807, 2.05) is 6.07 Å². The lowest BCUT2D eigenvalue weighted by Crippen LogP contribution is -1.80. The predicted octanol–water partition coefficient (Wildman–Crippen LogP) is 5.09. The van der Waals surface area contributed by atoms with Gasteiger partial charge >= 0.3 is 0 Å². The Kier molecular flexibility index (Phi) is 3.18. The average molecular weight is 265 g/mol. The zero-order valence-electron chi connectivity index (χ0n) is 11.1. The van der Waals surface area contributed by atoms with Crippen molar-refractivity contribution in [1.82, 2.24) is 4.98 Å². The van der Waals surface area contributed by atoms with Crippen molar-refractivity contribution in [2.24, 2.45) is 0 Å². The highest BCUT2D eigenvalue weighted by atomic mass is 32.1. The molecule has 0 N–H and O–H groups in total. The van der Waals surface area contributed by atoms with Gasteiger partial charge in [0.15, 0.2) is 0 Å². The van der Waals surface area contributed by atoms with Crippen molar-refractivity contribution >= 4 is 11.3 Å². The second-order valence-electron chi connectivity index (χ2n) is 4.61. The van der Waals surface area contributed by atoms with Crippen LogP contribution in [-0.2, 0) is 0 Å². The zero-order chi connectivity index (χ0) is 13.2. The van der Waals surface area contributed by atoms with Crippen LogP contribution in [0.2, 0.25) is 0 Å². The molecule has 0 unspecified atom stereocenters. The molecule has 0 aliphatic carbocycles. The van der Waals surface area contributed by atoms with E-state index in [1.54, 1.807) is 11.3 Å². The summed E-state index contributed by atoms with van der Waals surface area (Å²) in [5.41, 5.74) is 4.81. The van der Waals surface area contributed by atoms with Crippen LogP contribution in [0.4, 0.5) is 0 Å². The van der Waals surface area contributed by atoms with Gasteiger partial charge in [-0.15, -0.1) is 11.3 Å². The van der Waals surface area contributed by atoms with E-state index < -0.39 is 0 Å². The molecule has 0 saturated carbocycles. The highest BCUT2D eigenvalue weighted by Gasteiger charge is 2.07. The van der Waals surface area contributed by atoms with Crippen molar-refractivity contribution in [3.05, 3.63) is 65.2 Å². The molecule has 0 aliphatic heterocycles. The Labute approximate surface area is 117 Å². The molecule has 1 nitrogen and oxygen atoms in total. The van der Waals surface area contributed by atoms with Crippen LogP contribution in [0.15, 0.2) is 54.6 Å². The van der Waals surface area contributed by atoms with Crippen LogP contribution in [0.25, 0.3) is 21.7 Å². The standard InChI is InChI=1S/C17H15NS/c1-12-13(2)19-17(18-12)16-10-6-9-15(11-16)14-7-4-3-5-8-14/h3-11H,1-2H3. The SMILES string of the molecule is Cc1nc(-c2cccc(-c3ccccc3)c2)sc1C. The first kappa shape index (κ1) is 12.1. The number of benzene rings is 2. The average Bonchev–Trinajstić information content (AvgIpc) is 2.80. The van der Waals surface area contributed by atoms with Crippen molar-refractivity contribution in [3.8, 4) is 21.7 Å². The van der Waals surface area contributed by atoms with Gasteiger partial charge in [-0.3, -0.25) is 0 Å². The van der Waals surface area contributed by atoms with Gasteiger partial charge in [0.2, 0.25) is 0 Å². The molecule has 0 radical (unpaired) electrons. The van der Waals surface area contributed by atoms with E-state index in [0.29, 0.717) is 0 Å². The first-order chi connectivity index (χ1) is 9.24. The van der Waals surface area contributed by atoms with Crippen molar-refractivity contribution in [1.29, 1.82) is 0 Å². The molecule has 2 aromatic carbocycles. The molecule has 0 spiro atoms. The largest absolute Gasteiger partial charge is 0.241 e. The topological polar surface area (TPSA) is 12.9 Å². The quantitative estimate of drug-likeness (QED) is 0.628. The van der Waals surface area contributed by atoms with Gasteiger partial charge < -0.3 is 0 Å². The zero-order valence-corrected chi connectivity index (χ0v) is 11.9. The summed E-state index contributed by atoms with van der Waals surface area (Å²) < 4.78 is 0. The Morgan fingerprint density at radius 3 is 2.16 bits per heavy atom. The summed E-state index contributed by atoms with van der Waals surface area (Å²) in [6.45, 7) is 4.19. The van der Waals surface area contributed by atoms with Crippen LogP contribution < -0.4 is 0 Å². The van der Waals surface area contributed by atoms with Crippen molar-refractivity contribution in [3.63, 3.8) is 0 Å². The maximum atomic E-state index is 4.63. The Hall–Kier alpha value is -1.93. The third-order valence-corrected chi connectivity index (χ3v) is 4.37. The van der Waals surface area contributed by atoms with Crippen LogP contribution in [0, 0.1) is 13.8 Å². The maximum absolute atomic E-state index is 4.63. The van der Waals surface area contributed by atoms with E-state index in [1.165, 1.54) is 21.6 Å². The second kappa shape index (κ2) is 4.98. The fourth-order valence-corrected chi connectivity index (χ4v) is 2.97. The third-order valence-electron chi connectivity index (χ3n) is 3.25. The van der Waals surface area contributed by atoms with E-state index in [-0.39, 0.29) is 0 Å². The van der Waals surface area contributed by atoms with Crippen LogP contribution >= 0.6 is 11.3 Å². The summed E-state index contributed by atoms with van der Waals surface area (Å²) in [6.07, 6.45) is 0. The van der Waals surface area contributed by atoms with Gasteiger partial charge in [-0.05, 0) is 31.0 Å². The summed E-state index contributed by atoms with van der Waals surface area (Å²) >= 11 is 1.76. The highest BCUT2D eigenvalue weighted by molar-refractivity contribution is 7.15. The molecule has 0 amide bonds. The molecule has 0 saturated heterocycles. The molecule has 3 rings (SSSR count). The molecule has 3 aromatic rings. The summed E-state index contributed by atoms with van der Waals surface area (Å²) in [5, 5.41) is 1.10. The minimum absolute atomic E-state index is 1.10. The van der Waals surface area contributed by atoms with Gasteiger partial charge in [0.1, 0.15) is 5.01 Å². The van der Waals surface area contributed by atoms with Crippen molar-refractivity contribution < 1.29 is 0 Å². The van der Waals surface area contributed by atoms with Crippen molar-refractivity contribution in [2.75, 3.05) is 0 Å². The molecule has 2 heteroatoms. The number of aromatic nitrogens is 1. The molecule has 0 aliphatic rings. The fraction of sp³-hybridized carbons (Fsp3) is 0.118. The number of thiazole rings is 1. The Morgan fingerprint density at radius 2 is 1.47 bits per heavy atom. The van der Waals surface area contributed by atoms with Crippen LogP contribution in [0.1, 0.15) is 10.6 Å². The second-order valence-corrected chi connectivity index (χ2v) is 5.81. The minimum atomic E-state index is 1.10. The monoisotopic (exact) mass is 265 g/mol. The lowest BCUT2D eigenvalue weighted by molar-refractivity contribution is 1.23. The number of nitrogens with zero attached hydrogens (tertiary/aromatic N) is 1. The molecule has 1 aromatic heterocycles.